The fourth-order valence-corrected chi connectivity index (χ4v) is 3.36. The van der Waals surface area contributed by atoms with Crippen LogP contribution in [0.5, 0.6) is 0 Å². The van der Waals surface area contributed by atoms with Gasteiger partial charge in [-0.25, -0.2) is 13.1 Å². The van der Waals surface area contributed by atoms with Gasteiger partial charge in [-0.05, 0) is 42.7 Å². The number of hydrogen-bond donors (Lipinski definition) is 1. The molecule has 0 spiro atoms. The van der Waals surface area contributed by atoms with Gasteiger partial charge in [-0.1, -0.05) is 30.3 Å². The first-order valence-electron chi connectivity index (χ1n) is 6.49. The molecule has 5 heteroatoms. The van der Waals surface area contributed by atoms with Crippen LogP contribution in [0.15, 0.2) is 47.4 Å². The molecule has 2 aromatic carbocycles. The molecule has 0 radical (unpaired) electrons. The van der Waals surface area contributed by atoms with E-state index in [1.807, 2.05) is 13.0 Å². The zero-order valence-corrected chi connectivity index (χ0v) is 12.7. The molecule has 0 atom stereocenters. The lowest BCUT2D eigenvalue weighted by Crippen LogP contribution is -2.24. The molecule has 0 bridgehead atoms. The first kappa shape index (κ1) is 15.2. The molecule has 0 heterocycles. The first-order valence-corrected chi connectivity index (χ1v) is 7.97. The SMILES string of the molecule is Cc1ccc(C)c(S(=O)(=O)NCc2ccccc2C#N)c1. The lowest BCUT2D eigenvalue weighted by atomic mass is 10.1. The summed E-state index contributed by atoms with van der Waals surface area (Å²) in [4.78, 5) is 0.275. The topological polar surface area (TPSA) is 70.0 Å². The molecule has 0 amide bonds. The number of aryl methyl sites for hydroxylation is 2. The number of nitrogens with zero attached hydrogens (tertiary/aromatic N) is 1. The standard InChI is InChI=1S/C16H16N2O2S/c1-12-7-8-13(2)16(9-12)21(19,20)18-11-15-6-4-3-5-14(15)10-17/h3-9,18H,11H2,1-2H3. The summed E-state index contributed by atoms with van der Waals surface area (Å²) in [6.07, 6.45) is 0. The summed E-state index contributed by atoms with van der Waals surface area (Å²) < 4.78 is 27.3. The summed E-state index contributed by atoms with van der Waals surface area (Å²) in [6.45, 7) is 3.71. The fourth-order valence-electron chi connectivity index (χ4n) is 2.03. The Balaban J connectivity index is 2.27. The van der Waals surface area contributed by atoms with Crippen molar-refractivity contribution in [2.45, 2.75) is 25.3 Å². The van der Waals surface area contributed by atoms with Gasteiger partial charge in [-0.3, -0.25) is 0 Å². The molecule has 2 aromatic rings. The highest BCUT2D eigenvalue weighted by Gasteiger charge is 2.17. The van der Waals surface area contributed by atoms with Crippen LogP contribution < -0.4 is 4.72 Å². The molecule has 4 nitrogen and oxygen atoms in total. The summed E-state index contributed by atoms with van der Waals surface area (Å²) in [6, 6.07) is 14.3. The second-order valence-corrected chi connectivity index (χ2v) is 6.60. The maximum Gasteiger partial charge on any atom is 0.241 e. The van der Waals surface area contributed by atoms with E-state index in [0.29, 0.717) is 16.7 Å². The van der Waals surface area contributed by atoms with Crippen LogP contribution in [0.4, 0.5) is 0 Å². The molecule has 0 fully saturated rings. The van der Waals surface area contributed by atoms with Crippen molar-refractivity contribution in [3.8, 4) is 6.07 Å². The van der Waals surface area contributed by atoms with Gasteiger partial charge >= 0.3 is 0 Å². The lowest BCUT2D eigenvalue weighted by molar-refractivity contribution is 0.580. The molecule has 0 aromatic heterocycles. The van der Waals surface area contributed by atoms with Crippen molar-refractivity contribution in [1.82, 2.24) is 4.72 Å². The zero-order chi connectivity index (χ0) is 15.5. The minimum absolute atomic E-state index is 0.0967. The molecule has 1 N–H and O–H groups in total. The van der Waals surface area contributed by atoms with Crippen LogP contribution in [0, 0.1) is 25.2 Å². The number of rotatable bonds is 4. The highest BCUT2D eigenvalue weighted by molar-refractivity contribution is 7.89. The van der Waals surface area contributed by atoms with Crippen LogP contribution in [0.25, 0.3) is 0 Å². The number of benzene rings is 2. The van der Waals surface area contributed by atoms with Crippen LogP contribution >= 0.6 is 0 Å². The molecule has 0 aliphatic heterocycles. The minimum Gasteiger partial charge on any atom is -0.207 e. The maximum absolute atomic E-state index is 12.4. The fraction of sp³-hybridized carbons (Fsp3) is 0.188. The lowest BCUT2D eigenvalue weighted by Gasteiger charge is -2.11. The maximum atomic E-state index is 12.4. The second kappa shape index (κ2) is 6.08. The van der Waals surface area contributed by atoms with Gasteiger partial charge in [0.1, 0.15) is 0 Å². The summed E-state index contributed by atoms with van der Waals surface area (Å²) in [5, 5.41) is 9.02. The zero-order valence-electron chi connectivity index (χ0n) is 11.9. The summed E-state index contributed by atoms with van der Waals surface area (Å²) in [5.74, 6) is 0. The first-order chi connectivity index (χ1) is 9.94. The molecule has 0 saturated heterocycles. The Kier molecular flexibility index (Phi) is 4.41. The average Bonchev–Trinajstić information content (AvgIpc) is 2.48. The van der Waals surface area contributed by atoms with Crippen molar-refractivity contribution in [3.05, 3.63) is 64.7 Å². The number of nitriles is 1. The van der Waals surface area contributed by atoms with Crippen LogP contribution in [-0.4, -0.2) is 8.42 Å². The average molecular weight is 300 g/mol. The van der Waals surface area contributed by atoms with Crippen molar-refractivity contribution < 1.29 is 8.42 Å². The third kappa shape index (κ3) is 3.48. The van der Waals surface area contributed by atoms with E-state index in [1.54, 1.807) is 43.3 Å². The van der Waals surface area contributed by atoms with Gasteiger partial charge in [0.25, 0.3) is 0 Å². The Morgan fingerprint density at radius 2 is 1.86 bits per heavy atom. The Morgan fingerprint density at radius 1 is 1.14 bits per heavy atom. The van der Waals surface area contributed by atoms with Crippen LogP contribution in [0.2, 0.25) is 0 Å². The monoisotopic (exact) mass is 300 g/mol. The molecule has 21 heavy (non-hydrogen) atoms. The van der Waals surface area contributed by atoms with E-state index in [2.05, 4.69) is 10.8 Å². The Labute approximate surface area is 125 Å². The summed E-state index contributed by atoms with van der Waals surface area (Å²) in [7, 11) is -3.60. The number of sulfonamides is 1. The molecule has 2 rings (SSSR count). The quantitative estimate of drug-likeness (QED) is 0.943. The van der Waals surface area contributed by atoms with Crippen molar-refractivity contribution in [1.29, 1.82) is 5.26 Å². The largest absolute Gasteiger partial charge is 0.241 e. The Hall–Kier alpha value is -2.16. The predicted molar refractivity (Wildman–Crippen MR) is 81.1 cm³/mol. The van der Waals surface area contributed by atoms with E-state index in [9.17, 15) is 8.42 Å². The van der Waals surface area contributed by atoms with E-state index in [0.717, 1.165) is 5.56 Å². The van der Waals surface area contributed by atoms with Gasteiger partial charge in [-0.2, -0.15) is 5.26 Å². The van der Waals surface area contributed by atoms with Gasteiger partial charge in [0, 0.05) is 6.54 Å². The minimum atomic E-state index is -3.60. The molecule has 0 aliphatic rings. The highest BCUT2D eigenvalue weighted by atomic mass is 32.2. The summed E-state index contributed by atoms with van der Waals surface area (Å²) in [5.41, 5.74) is 2.72. The molecule has 108 valence electrons. The predicted octanol–water partition coefficient (Wildman–Crippen LogP) is 2.65. The van der Waals surface area contributed by atoms with Crippen molar-refractivity contribution in [2.75, 3.05) is 0 Å². The van der Waals surface area contributed by atoms with Gasteiger partial charge in [0.2, 0.25) is 10.0 Å². The van der Waals surface area contributed by atoms with Gasteiger partial charge in [0.15, 0.2) is 0 Å². The van der Waals surface area contributed by atoms with E-state index < -0.39 is 10.0 Å². The van der Waals surface area contributed by atoms with Gasteiger partial charge < -0.3 is 0 Å². The van der Waals surface area contributed by atoms with Crippen LogP contribution in [-0.2, 0) is 16.6 Å². The van der Waals surface area contributed by atoms with Crippen LogP contribution in [0.1, 0.15) is 22.3 Å². The van der Waals surface area contributed by atoms with E-state index in [4.69, 9.17) is 5.26 Å². The highest BCUT2D eigenvalue weighted by Crippen LogP contribution is 2.17. The number of nitrogens with one attached hydrogen (secondary N) is 1. The van der Waals surface area contributed by atoms with Crippen molar-refractivity contribution >= 4 is 10.0 Å². The molecular formula is C16H16N2O2S. The molecule has 0 aliphatic carbocycles. The third-order valence-electron chi connectivity index (χ3n) is 3.22. The van der Waals surface area contributed by atoms with Crippen molar-refractivity contribution in [3.63, 3.8) is 0 Å². The van der Waals surface area contributed by atoms with E-state index in [-0.39, 0.29) is 11.4 Å². The Morgan fingerprint density at radius 3 is 2.57 bits per heavy atom. The second-order valence-electron chi connectivity index (χ2n) is 4.86. The van der Waals surface area contributed by atoms with Crippen LogP contribution in [0.3, 0.4) is 0 Å². The molecule has 0 saturated carbocycles. The summed E-state index contributed by atoms with van der Waals surface area (Å²) >= 11 is 0. The van der Waals surface area contributed by atoms with E-state index >= 15 is 0 Å². The van der Waals surface area contributed by atoms with E-state index in [1.165, 1.54) is 0 Å². The van der Waals surface area contributed by atoms with Gasteiger partial charge in [0.05, 0.1) is 16.5 Å². The normalized spacial score (nSPS) is 11.1. The molecule has 0 unspecified atom stereocenters. The van der Waals surface area contributed by atoms with Crippen molar-refractivity contribution in [2.24, 2.45) is 0 Å². The Bertz CT molecular complexity index is 805. The van der Waals surface area contributed by atoms with Gasteiger partial charge in [-0.15, -0.1) is 0 Å². The smallest absolute Gasteiger partial charge is 0.207 e. The third-order valence-corrected chi connectivity index (χ3v) is 4.77. The number of hydrogen-bond acceptors (Lipinski definition) is 3. The molecular weight excluding hydrogens is 284 g/mol.